The van der Waals surface area contributed by atoms with Crippen molar-refractivity contribution >= 4 is 5.91 Å². The molecular formula is C11H12F5NO3. The van der Waals surface area contributed by atoms with Gasteiger partial charge in [0.15, 0.2) is 0 Å². The Morgan fingerprint density at radius 2 is 2.00 bits per heavy atom. The van der Waals surface area contributed by atoms with E-state index in [2.05, 4.69) is 0 Å². The molecule has 4 nitrogen and oxygen atoms in total. The maximum absolute atomic E-state index is 12.5. The maximum atomic E-state index is 12.5. The van der Waals surface area contributed by atoms with E-state index in [0.29, 0.717) is 5.76 Å². The standard InChI is InChI=1S/C11H12F5NO3/c12-10(13,11(14,15)16)9(18)17-4-2-5-19-7-8-3-1-6-20-8/h1,3,6H,2,4-5,7H2,(H,17,18). The average Bonchev–Trinajstić information content (AvgIpc) is 2.84. The van der Waals surface area contributed by atoms with Crippen molar-refractivity contribution in [1.29, 1.82) is 0 Å². The molecule has 0 saturated carbocycles. The van der Waals surface area contributed by atoms with Crippen LogP contribution in [0.25, 0.3) is 0 Å². The molecule has 0 aliphatic rings. The molecule has 1 rings (SSSR count). The van der Waals surface area contributed by atoms with Crippen LogP contribution in [0, 0.1) is 0 Å². The molecule has 20 heavy (non-hydrogen) atoms. The van der Waals surface area contributed by atoms with Crippen LogP contribution in [0.4, 0.5) is 22.0 Å². The van der Waals surface area contributed by atoms with Crippen LogP contribution >= 0.6 is 0 Å². The average molecular weight is 301 g/mol. The number of halogens is 5. The van der Waals surface area contributed by atoms with Gasteiger partial charge in [0.05, 0.1) is 6.26 Å². The summed E-state index contributed by atoms with van der Waals surface area (Å²) in [5, 5.41) is 1.51. The molecule has 0 fully saturated rings. The number of ether oxygens (including phenoxy) is 1. The first-order chi connectivity index (χ1) is 9.25. The second kappa shape index (κ2) is 6.69. The summed E-state index contributed by atoms with van der Waals surface area (Å²) in [7, 11) is 0. The van der Waals surface area contributed by atoms with E-state index < -0.39 is 18.0 Å². The minimum atomic E-state index is -5.90. The molecule has 1 aromatic heterocycles. The molecule has 0 atom stereocenters. The topological polar surface area (TPSA) is 51.5 Å². The van der Waals surface area contributed by atoms with Gasteiger partial charge in [0, 0.05) is 13.2 Å². The number of rotatable bonds is 7. The fourth-order valence-electron chi connectivity index (χ4n) is 1.18. The third kappa shape index (κ3) is 4.48. The fraction of sp³-hybridized carbons (Fsp3) is 0.545. The summed E-state index contributed by atoms with van der Waals surface area (Å²) in [4.78, 5) is 10.7. The summed E-state index contributed by atoms with van der Waals surface area (Å²) in [6.45, 7) is -0.110. The lowest BCUT2D eigenvalue weighted by Crippen LogP contribution is -2.50. The quantitative estimate of drug-likeness (QED) is 0.622. The predicted molar refractivity (Wildman–Crippen MR) is 57.0 cm³/mol. The Morgan fingerprint density at radius 3 is 2.55 bits per heavy atom. The number of furan rings is 1. The maximum Gasteiger partial charge on any atom is 0.463 e. The number of amides is 1. The van der Waals surface area contributed by atoms with Crippen LogP contribution in [0.3, 0.4) is 0 Å². The van der Waals surface area contributed by atoms with E-state index in [-0.39, 0.29) is 26.2 Å². The molecule has 0 aliphatic heterocycles. The van der Waals surface area contributed by atoms with Gasteiger partial charge in [-0.2, -0.15) is 22.0 Å². The van der Waals surface area contributed by atoms with Crippen molar-refractivity contribution in [2.45, 2.75) is 25.1 Å². The van der Waals surface area contributed by atoms with Crippen LogP contribution in [-0.4, -0.2) is 31.2 Å². The molecule has 1 amide bonds. The molecule has 9 heteroatoms. The molecule has 0 bridgehead atoms. The Hall–Kier alpha value is -1.64. The number of carbonyl (C=O) groups is 1. The Bertz CT molecular complexity index is 416. The lowest BCUT2D eigenvalue weighted by atomic mass is 10.3. The van der Waals surface area contributed by atoms with Crippen LogP contribution in [0.2, 0.25) is 0 Å². The van der Waals surface area contributed by atoms with E-state index in [9.17, 15) is 26.7 Å². The number of hydrogen-bond acceptors (Lipinski definition) is 3. The second-order valence-corrected chi connectivity index (χ2v) is 3.81. The highest BCUT2D eigenvalue weighted by molar-refractivity contribution is 5.84. The van der Waals surface area contributed by atoms with Gasteiger partial charge in [-0.1, -0.05) is 0 Å². The van der Waals surface area contributed by atoms with Gasteiger partial charge >= 0.3 is 12.1 Å². The monoisotopic (exact) mass is 301 g/mol. The van der Waals surface area contributed by atoms with Gasteiger partial charge in [-0.05, 0) is 18.6 Å². The van der Waals surface area contributed by atoms with Crippen molar-refractivity contribution in [1.82, 2.24) is 5.32 Å². The van der Waals surface area contributed by atoms with Gasteiger partial charge in [-0.3, -0.25) is 4.79 Å². The smallest absolute Gasteiger partial charge is 0.463 e. The Labute approximate surface area is 110 Å². The van der Waals surface area contributed by atoms with E-state index in [1.165, 1.54) is 11.6 Å². The molecule has 1 aromatic rings. The second-order valence-electron chi connectivity index (χ2n) is 3.81. The number of nitrogens with one attached hydrogen (secondary N) is 1. The van der Waals surface area contributed by atoms with Gasteiger partial charge in [-0.25, -0.2) is 0 Å². The summed E-state index contributed by atoms with van der Waals surface area (Å²) in [6.07, 6.45) is -4.36. The van der Waals surface area contributed by atoms with Crippen molar-refractivity contribution in [3.63, 3.8) is 0 Å². The highest BCUT2D eigenvalue weighted by Crippen LogP contribution is 2.35. The zero-order valence-electron chi connectivity index (χ0n) is 10.2. The summed E-state index contributed by atoms with van der Waals surface area (Å²) < 4.78 is 70.5. The number of carbonyl (C=O) groups excluding carboxylic acids is 1. The Balaban J connectivity index is 2.16. The molecule has 0 unspecified atom stereocenters. The molecule has 0 spiro atoms. The molecule has 1 N–H and O–H groups in total. The summed E-state index contributed by atoms with van der Waals surface area (Å²) in [6, 6.07) is 3.31. The normalized spacial score (nSPS) is 12.4. The van der Waals surface area contributed by atoms with Crippen molar-refractivity contribution in [3.8, 4) is 0 Å². The van der Waals surface area contributed by atoms with Gasteiger partial charge in [0.1, 0.15) is 12.4 Å². The minimum absolute atomic E-state index is 0.0819. The van der Waals surface area contributed by atoms with E-state index in [1.807, 2.05) is 0 Å². The number of alkyl halides is 5. The summed E-state index contributed by atoms with van der Waals surface area (Å²) >= 11 is 0. The van der Waals surface area contributed by atoms with Crippen LogP contribution < -0.4 is 5.32 Å². The molecular weight excluding hydrogens is 289 g/mol. The van der Waals surface area contributed by atoms with Gasteiger partial charge < -0.3 is 14.5 Å². The molecule has 0 saturated heterocycles. The number of hydrogen-bond donors (Lipinski definition) is 1. The first kappa shape index (κ1) is 16.4. The van der Waals surface area contributed by atoms with Gasteiger partial charge in [0.2, 0.25) is 0 Å². The Morgan fingerprint density at radius 1 is 1.30 bits per heavy atom. The van der Waals surface area contributed by atoms with Crippen molar-refractivity contribution in [2.24, 2.45) is 0 Å². The lowest BCUT2D eigenvalue weighted by Gasteiger charge is -2.18. The third-order valence-electron chi connectivity index (χ3n) is 2.22. The first-order valence-electron chi connectivity index (χ1n) is 5.58. The van der Waals surface area contributed by atoms with Crippen LogP contribution in [0.1, 0.15) is 12.2 Å². The third-order valence-corrected chi connectivity index (χ3v) is 2.22. The fourth-order valence-corrected chi connectivity index (χ4v) is 1.18. The first-order valence-corrected chi connectivity index (χ1v) is 5.58. The minimum Gasteiger partial charge on any atom is -0.467 e. The van der Waals surface area contributed by atoms with Crippen molar-refractivity contribution in [3.05, 3.63) is 24.2 Å². The van der Waals surface area contributed by atoms with Crippen LogP contribution in [-0.2, 0) is 16.1 Å². The van der Waals surface area contributed by atoms with Crippen molar-refractivity contribution in [2.75, 3.05) is 13.2 Å². The molecule has 1 heterocycles. The van der Waals surface area contributed by atoms with Gasteiger partial charge in [-0.15, -0.1) is 0 Å². The van der Waals surface area contributed by atoms with Crippen molar-refractivity contribution < 1.29 is 35.9 Å². The van der Waals surface area contributed by atoms with Crippen LogP contribution in [0.5, 0.6) is 0 Å². The highest BCUT2D eigenvalue weighted by atomic mass is 19.4. The highest BCUT2D eigenvalue weighted by Gasteiger charge is 2.63. The zero-order chi connectivity index (χ0) is 15.2. The SMILES string of the molecule is O=C(NCCCOCc1ccco1)C(F)(F)C(F)(F)F. The summed E-state index contributed by atoms with van der Waals surface area (Å²) in [5.41, 5.74) is 0. The molecule has 0 radical (unpaired) electrons. The largest absolute Gasteiger partial charge is 0.467 e. The van der Waals surface area contributed by atoms with E-state index in [0.717, 1.165) is 0 Å². The molecule has 114 valence electrons. The Kier molecular flexibility index (Phi) is 5.49. The molecule has 0 aliphatic carbocycles. The van der Waals surface area contributed by atoms with Crippen LogP contribution in [0.15, 0.2) is 22.8 Å². The predicted octanol–water partition coefficient (Wildman–Crippen LogP) is 2.50. The summed E-state index contributed by atoms with van der Waals surface area (Å²) in [5.74, 6) is -7.20. The lowest BCUT2D eigenvalue weighted by molar-refractivity contribution is -0.269. The van der Waals surface area contributed by atoms with E-state index >= 15 is 0 Å². The zero-order valence-corrected chi connectivity index (χ0v) is 10.2. The van der Waals surface area contributed by atoms with E-state index in [4.69, 9.17) is 9.15 Å². The molecule has 0 aromatic carbocycles. The van der Waals surface area contributed by atoms with E-state index in [1.54, 1.807) is 12.1 Å². The van der Waals surface area contributed by atoms with Gasteiger partial charge in [0.25, 0.3) is 5.91 Å².